The maximum atomic E-state index is 6.04. The van der Waals surface area contributed by atoms with Crippen LogP contribution in [-0.4, -0.2) is 18.3 Å². The molecule has 0 bridgehead atoms. The van der Waals surface area contributed by atoms with Crippen LogP contribution in [0.2, 0.25) is 0 Å². The van der Waals surface area contributed by atoms with Crippen molar-refractivity contribution in [3.63, 3.8) is 0 Å². The lowest BCUT2D eigenvalue weighted by Gasteiger charge is -2.32. The largest absolute Gasteiger partial charge is 0.494 e. The molecule has 18 heavy (non-hydrogen) atoms. The van der Waals surface area contributed by atoms with Crippen LogP contribution in [0.4, 0.5) is 5.69 Å². The minimum absolute atomic E-state index is 0.305. The zero-order valence-corrected chi connectivity index (χ0v) is 12.1. The van der Waals surface area contributed by atoms with Crippen molar-refractivity contribution >= 4 is 18.3 Å². The van der Waals surface area contributed by atoms with Crippen LogP contribution in [0, 0.1) is 13.8 Å². The van der Waals surface area contributed by atoms with Crippen molar-refractivity contribution in [3.8, 4) is 0 Å². The van der Waals surface area contributed by atoms with E-state index < -0.39 is 0 Å². The molecule has 0 atom stereocenters. The van der Waals surface area contributed by atoms with Gasteiger partial charge >= 0.3 is 7.12 Å². The Balaban J connectivity index is 2.36. The van der Waals surface area contributed by atoms with Crippen LogP contribution in [0.25, 0.3) is 0 Å². The molecule has 1 aromatic rings. The van der Waals surface area contributed by atoms with Gasteiger partial charge in [-0.15, -0.1) is 0 Å². The number of nitrogen functional groups attached to an aromatic ring is 1. The quantitative estimate of drug-likeness (QED) is 0.611. The van der Waals surface area contributed by atoms with Crippen molar-refractivity contribution < 1.29 is 9.31 Å². The number of nitrogens with two attached hydrogens (primary N) is 1. The first-order valence-corrected chi connectivity index (χ1v) is 6.36. The molecular weight excluding hydrogens is 225 g/mol. The fraction of sp³-hybridized carbons (Fsp3) is 0.571. The average molecular weight is 247 g/mol. The van der Waals surface area contributed by atoms with Gasteiger partial charge in [0.1, 0.15) is 0 Å². The van der Waals surface area contributed by atoms with Gasteiger partial charge in [0.2, 0.25) is 0 Å². The summed E-state index contributed by atoms with van der Waals surface area (Å²) in [7, 11) is -0.312. The van der Waals surface area contributed by atoms with Crippen LogP contribution < -0.4 is 11.2 Å². The molecule has 0 aliphatic carbocycles. The highest BCUT2D eigenvalue weighted by molar-refractivity contribution is 6.62. The molecule has 0 radical (unpaired) electrons. The summed E-state index contributed by atoms with van der Waals surface area (Å²) < 4.78 is 12.1. The van der Waals surface area contributed by atoms with Crippen molar-refractivity contribution in [1.82, 2.24) is 0 Å². The average Bonchev–Trinajstić information content (AvgIpc) is 2.44. The Hall–Kier alpha value is -0.995. The molecule has 2 N–H and O–H groups in total. The van der Waals surface area contributed by atoms with Gasteiger partial charge in [0, 0.05) is 5.69 Å². The van der Waals surface area contributed by atoms with Gasteiger partial charge in [-0.1, -0.05) is 12.1 Å². The Kier molecular flexibility index (Phi) is 2.99. The molecular formula is C14H22BNO2. The molecule has 3 nitrogen and oxygen atoms in total. The van der Waals surface area contributed by atoms with Gasteiger partial charge in [0.25, 0.3) is 0 Å². The monoisotopic (exact) mass is 247 g/mol. The number of rotatable bonds is 1. The van der Waals surface area contributed by atoms with Gasteiger partial charge in [0.05, 0.1) is 11.2 Å². The summed E-state index contributed by atoms with van der Waals surface area (Å²) >= 11 is 0. The predicted octanol–water partition coefficient (Wildman–Crippen LogP) is 2.18. The van der Waals surface area contributed by atoms with Crippen LogP contribution in [0.5, 0.6) is 0 Å². The Morgan fingerprint density at radius 2 is 1.33 bits per heavy atom. The lowest BCUT2D eigenvalue weighted by atomic mass is 9.77. The molecule has 1 aromatic carbocycles. The Morgan fingerprint density at radius 3 is 1.72 bits per heavy atom. The van der Waals surface area contributed by atoms with Gasteiger partial charge < -0.3 is 15.0 Å². The second kappa shape index (κ2) is 4.00. The molecule has 4 heteroatoms. The van der Waals surface area contributed by atoms with Crippen LogP contribution >= 0.6 is 0 Å². The molecule has 1 fully saturated rings. The summed E-state index contributed by atoms with van der Waals surface area (Å²) in [4.78, 5) is 0. The first kappa shape index (κ1) is 13.4. The Labute approximate surface area is 110 Å². The molecule has 2 rings (SSSR count). The van der Waals surface area contributed by atoms with Crippen LogP contribution in [0.1, 0.15) is 38.8 Å². The maximum absolute atomic E-state index is 6.04. The fourth-order valence-corrected chi connectivity index (χ4v) is 2.12. The SMILES string of the molecule is Cc1cc(B2OC(C)(C)C(C)(C)O2)cc(C)c1N. The molecule has 0 spiro atoms. The van der Waals surface area contributed by atoms with E-state index in [1.54, 1.807) is 0 Å². The standard InChI is InChI=1S/C14H22BNO2/c1-9-7-11(8-10(2)12(9)16)15-17-13(3,4)14(5,6)18-15/h7-8H,16H2,1-6H3. The highest BCUT2D eigenvalue weighted by Gasteiger charge is 2.51. The number of hydrogen-bond donors (Lipinski definition) is 1. The molecule has 1 aliphatic rings. The van der Waals surface area contributed by atoms with E-state index in [0.29, 0.717) is 0 Å². The molecule has 0 amide bonds. The minimum atomic E-state index is -0.312. The van der Waals surface area contributed by atoms with Crippen LogP contribution in [-0.2, 0) is 9.31 Å². The zero-order chi connectivity index (χ0) is 13.7. The molecule has 0 saturated carbocycles. The fourth-order valence-electron chi connectivity index (χ4n) is 2.12. The third-order valence-corrected chi connectivity index (χ3v) is 4.14. The zero-order valence-electron chi connectivity index (χ0n) is 12.1. The molecule has 98 valence electrons. The van der Waals surface area contributed by atoms with Gasteiger partial charge in [-0.2, -0.15) is 0 Å². The third kappa shape index (κ3) is 2.04. The normalized spacial score (nSPS) is 21.3. The van der Waals surface area contributed by atoms with Crippen LogP contribution in [0.3, 0.4) is 0 Å². The topological polar surface area (TPSA) is 44.5 Å². The van der Waals surface area contributed by atoms with Crippen molar-refractivity contribution in [2.75, 3.05) is 5.73 Å². The van der Waals surface area contributed by atoms with E-state index in [4.69, 9.17) is 15.0 Å². The van der Waals surface area contributed by atoms with E-state index in [2.05, 4.69) is 27.7 Å². The third-order valence-electron chi connectivity index (χ3n) is 4.14. The molecule has 1 aliphatic heterocycles. The lowest BCUT2D eigenvalue weighted by Crippen LogP contribution is -2.41. The van der Waals surface area contributed by atoms with Gasteiger partial charge in [-0.25, -0.2) is 0 Å². The Bertz CT molecular complexity index is 444. The van der Waals surface area contributed by atoms with E-state index in [-0.39, 0.29) is 18.3 Å². The number of benzene rings is 1. The summed E-state index contributed by atoms with van der Waals surface area (Å²) in [6, 6.07) is 4.09. The van der Waals surface area contributed by atoms with E-state index in [1.807, 2.05) is 26.0 Å². The highest BCUT2D eigenvalue weighted by atomic mass is 16.7. The summed E-state index contributed by atoms with van der Waals surface area (Å²) in [5, 5.41) is 0. The van der Waals surface area contributed by atoms with E-state index in [9.17, 15) is 0 Å². The molecule has 1 heterocycles. The highest BCUT2D eigenvalue weighted by Crippen LogP contribution is 2.36. The van der Waals surface area contributed by atoms with E-state index >= 15 is 0 Å². The molecule has 1 saturated heterocycles. The molecule has 0 unspecified atom stereocenters. The maximum Gasteiger partial charge on any atom is 0.494 e. The van der Waals surface area contributed by atoms with Gasteiger partial charge in [-0.05, 0) is 58.1 Å². The summed E-state index contributed by atoms with van der Waals surface area (Å²) in [6.07, 6.45) is 0. The first-order chi connectivity index (χ1) is 8.14. The first-order valence-electron chi connectivity index (χ1n) is 6.36. The second-order valence-electron chi connectivity index (χ2n) is 6.16. The van der Waals surface area contributed by atoms with Crippen molar-refractivity contribution in [3.05, 3.63) is 23.3 Å². The molecule has 0 aromatic heterocycles. The summed E-state index contributed by atoms with van der Waals surface area (Å²) in [5.41, 5.74) is 9.39. The number of hydrogen-bond acceptors (Lipinski definition) is 3. The summed E-state index contributed by atoms with van der Waals surface area (Å²) in [5.74, 6) is 0. The number of aryl methyl sites for hydroxylation is 2. The van der Waals surface area contributed by atoms with E-state index in [1.165, 1.54) is 0 Å². The smallest absolute Gasteiger partial charge is 0.399 e. The van der Waals surface area contributed by atoms with E-state index in [0.717, 1.165) is 22.3 Å². The second-order valence-corrected chi connectivity index (χ2v) is 6.16. The Morgan fingerprint density at radius 1 is 0.944 bits per heavy atom. The van der Waals surface area contributed by atoms with Gasteiger partial charge in [0.15, 0.2) is 0 Å². The van der Waals surface area contributed by atoms with Crippen molar-refractivity contribution in [2.24, 2.45) is 0 Å². The van der Waals surface area contributed by atoms with Crippen LogP contribution in [0.15, 0.2) is 12.1 Å². The summed E-state index contributed by atoms with van der Waals surface area (Å²) in [6.45, 7) is 12.3. The number of anilines is 1. The minimum Gasteiger partial charge on any atom is -0.399 e. The lowest BCUT2D eigenvalue weighted by molar-refractivity contribution is 0.00578. The van der Waals surface area contributed by atoms with Crippen molar-refractivity contribution in [2.45, 2.75) is 52.7 Å². The van der Waals surface area contributed by atoms with Gasteiger partial charge in [-0.3, -0.25) is 0 Å². The van der Waals surface area contributed by atoms with Crippen molar-refractivity contribution in [1.29, 1.82) is 0 Å². The predicted molar refractivity (Wildman–Crippen MR) is 76.0 cm³/mol.